The lowest BCUT2D eigenvalue weighted by molar-refractivity contribution is 0.0935. The number of rotatable bonds is 1. The van der Waals surface area contributed by atoms with Crippen molar-refractivity contribution < 1.29 is 4.79 Å². The van der Waals surface area contributed by atoms with Crippen molar-refractivity contribution in [2.75, 3.05) is 5.32 Å². The number of fused-ring (bicyclic) bond motifs is 1. The molecule has 6 nitrogen and oxygen atoms in total. The molecule has 1 aliphatic heterocycles. The Balaban J connectivity index is 1.90. The molecule has 1 unspecified atom stereocenters. The second-order valence-electron chi connectivity index (χ2n) is 5.84. The van der Waals surface area contributed by atoms with Crippen molar-refractivity contribution in [1.82, 2.24) is 20.1 Å². The van der Waals surface area contributed by atoms with Gasteiger partial charge in [-0.15, -0.1) is 0 Å². The highest BCUT2D eigenvalue weighted by Crippen LogP contribution is 2.25. The number of anilines is 1. The van der Waals surface area contributed by atoms with Crippen LogP contribution in [0.15, 0.2) is 30.7 Å². The van der Waals surface area contributed by atoms with Gasteiger partial charge in [0, 0.05) is 18.0 Å². The van der Waals surface area contributed by atoms with Gasteiger partial charge < -0.3 is 10.6 Å². The predicted octanol–water partition coefficient (Wildman–Crippen LogP) is 1.89. The molecule has 104 valence electrons. The van der Waals surface area contributed by atoms with Gasteiger partial charge in [-0.25, -0.2) is 4.98 Å². The van der Waals surface area contributed by atoms with Crippen LogP contribution in [0.1, 0.15) is 42.9 Å². The van der Waals surface area contributed by atoms with Crippen LogP contribution in [-0.2, 0) is 5.54 Å². The number of aromatic nitrogens is 3. The van der Waals surface area contributed by atoms with Crippen molar-refractivity contribution in [2.45, 2.75) is 32.5 Å². The maximum atomic E-state index is 12.1. The first-order valence-corrected chi connectivity index (χ1v) is 6.52. The van der Waals surface area contributed by atoms with Crippen molar-refractivity contribution in [3.05, 3.63) is 41.9 Å². The van der Waals surface area contributed by atoms with Crippen LogP contribution in [0.25, 0.3) is 0 Å². The van der Waals surface area contributed by atoms with Crippen LogP contribution < -0.4 is 10.6 Å². The number of pyridine rings is 1. The number of amides is 1. The summed E-state index contributed by atoms with van der Waals surface area (Å²) in [6.45, 7) is 6.23. The molecule has 0 saturated heterocycles. The summed E-state index contributed by atoms with van der Waals surface area (Å²) in [4.78, 5) is 16.3. The molecule has 0 spiro atoms. The van der Waals surface area contributed by atoms with Gasteiger partial charge in [0.2, 0.25) is 0 Å². The van der Waals surface area contributed by atoms with Crippen LogP contribution in [0, 0.1) is 0 Å². The highest BCUT2D eigenvalue weighted by molar-refractivity contribution is 6.00. The van der Waals surface area contributed by atoms with Crippen LogP contribution in [0.4, 0.5) is 5.82 Å². The molecule has 0 aliphatic carbocycles. The third-order valence-electron chi connectivity index (χ3n) is 3.23. The smallest absolute Gasteiger partial charge is 0.256 e. The number of carbonyl (C=O) groups excluding carboxylic acids is 1. The average molecular weight is 271 g/mol. The average Bonchev–Trinajstić information content (AvgIpc) is 2.88. The van der Waals surface area contributed by atoms with Gasteiger partial charge in [0.05, 0.1) is 17.3 Å². The van der Waals surface area contributed by atoms with E-state index in [4.69, 9.17) is 0 Å². The Morgan fingerprint density at radius 3 is 2.80 bits per heavy atom. The molecule has 3 rings (SSSR count). The highest BCUT2D eigenvalue weighted by atomic mass is 16.2. The van der Waals surface area contributed by atoms with Gasteiger partial charge >= 0.3 is 0 Å². The van der Waals surface area contributed by atoms with E-state index in [2.05, 4.69) is 41.5 Å². The first-order chi connectivity index (χ1) is 9.45. The monoisotopic (exact) mass is 271 g/mol. The Bertz CT molecular complexity index is 656. The predicted molar refractivity (Wildman–Crippen MR) is 75.3 cm³/mol. The van der Waals surface area contributed by atoms with Crippen LogP contribution in [-0.4, -0.2) is 20.7 Å². The van der Waals surface area contributed by atoms with Crippen LogP contribution >= 0.6 is 0 Å². The molecule has 2 N–H and O–H groups in total. The van der Waals surface area contributed by atoms with Crippen LogP contribution in [0.3, 0.4) is 0 Å². The van der Waals surface area contributed by atoms with Crippen molar-refractivity contribution in [3.63, 3.8) is 0 Å². The van der Waals surface area contributed by atoms with Gasteiger partial charge in [-0.05, 0) is 32.9 Å². The molecule has 2 aromatic heterocycles. The number of carbonyl (C=O) groups is 1. The minimum Gasteiger partial charge on any atom is -0.345 e. The summed E-state index contributed by atoms with van der Waals surface area (Å²) in [7, 11) is 0. The van der Waals surface area contributed by atoms with Crippen molar-refractivity contribution >= 4 is 11.7 Å². The zero-order valence-electron chi connectivity index (χ0n) is 11.7. The molecular weight excluding hydrogens is 254 g/mol. The molecule has 20 heavy (non-hydrogen) atoms. The highest BCUT2D eigenvalue weighted by Gasteiger charge is 2.27. The van der Waals surface area contributed by atoms with Gasteiger partial charge in [-0.1, -0.05) is 0 Å². The normalized spacial score (nSPS) is 18.1. The number of nitrogens with one attached hydrogen (secondary N) is 2. The molecular formula is C14H17N5O. The van der Waals surface area contributed by atoms with Crippen LogP contribution in [0.2, 0.25) is 0 Å². The molecule has 6 heteroatoms. The topological polar surface area (TPSA) is 71.8 Å². The molecule has 1 aliphatic rings. The maximum absolute atomic E-state index is 12.1. The summed E-state index contributed by atoms with van der Waals surface area (Å²) in [5, 5.41) is 10.5. The lowest BCUT2D eigenvalue weighted by Gasteiger charge is -2.26. The molecule has 0 aromatic carbocycles. The van der Waals surface area contributed by atoms with Gasteiger partial charge in [0.1, 0.15) is 12.0 Å². The summed E-state index contributed by atoms with van der Waals surface area (Å²) in [6, 6.07) is 3.50. The lowest BCUT2D eigenvalue weighted by atomic mass is 10.1. The third kappa shape index (κ3) is 2.13. The molecule has 2 aromatic rings. The maximum Gasteiger partial charge on any atom is 0.256 e. The van der Waals surface area contributed by atoms with Crippen molar-refractivity contribution in [3.8, 4) is 0 Å². The van der Waals surface area contributed by atoms with Gasteiger partial charge in [0.15, 0.2) is 0 Å². The number of nitrogens with zero attached hydrogens (tertiary/aromatic N) is 3. The lowest BCUT2D eigenvalue weighted by Crippen LogP contribution is -2.38. The fourth-order valence-corrected chi connectivity index (χ4v) is 2.10. The van der Waals surface area contributed by atoms with E-state index in [0.717, 1.165) is 5.56 Å². The van der Waals surface area contributed by atoms with E-state index in [1.807, 2.05) is 10.9 Å². The number of hydrogen-bond donors (Lipinski definition) is 2. The zero-order chi connectivity index (χ0) is 14.3. The molecule has 0 saturated carbocycles. The van der Waals surface area contributed by atoms with Crippen molar-refractivity contribution in [1.29, 1.82) is 0 Å². The van der Waals surface area contributed by atoms with E-state index in [-0.39, 0.29) is 17.6 Å². The van der Waals surface area contributed by atoms with E-state index in [9.17, 15) is 4.79 Å². The van der Waals surface area contributed by atoms with E-state index >= 15 is 0 Å². The zero-order valence-corrected chi connectivity index (χ0v) is 11.7. The summed E-state index contributed by atoms with van der Waals surface area (Å²) in [5.74, 6) is 0.477. The Morgan fingerprint density at radius 1 is 1.30 bits per heavy atom. The molecule has 0 radical (unpaired) electrons. The van der Waals surface area contributed by atoms with Gasteiger partial charge in [0.25, 0.3) is 5.91 Å². The Hall–Kier alpha value is -2.37. The quantitative estimate of drug-likeness (QED) is 0.830. The molecule has 0 bridgehead atoms. The minimum absolute atomic E-state index is 0.0902. The number of hydrogen-bond acceptors (Lipinski definition) is 4. The Kier molecular flexibility index (Phi) is 2.74. The summed E-state index contributed by atoms with van der Waals surface area (Å²) >= 11 is 0. The fourth-order valence-electron chi connectivity index (χ4n) is 2.10. The Morgan fingerprint density at radius 2 is 2.10 bits per heavy atom. The molecule has 3 heterocycles. The fraction of sp³-hybridized carbons (Fsp3) is 0.357. The van der Waals surface area contributed by atoms with Crippen LogP contribution in [0.5, 0.6) is 0 Å². The third-order valence-corrected chi connectivity index (χ3v) is 3.23. The van der Waals surface area contributed by atoms with E-state index in [0.29, 0.717) is 11.4 Å². The molecule has 0 fully saturated rings. The van der Waals surface area contributed by atoms with E-state index in [1.54, 1.807) is 24.5 Å². The first-order valence-electron chi connectivity index (χ1n) is 6.52. The Labute approximate surface area is 117 Å². The summed E-state index contributed by atoms with van der Waals surface area (Å²) in [5.41, 5.74) is 1.38. The SMILES string of the molecule is CC(C)(C)n1cc(C2NC(=O)c3cccnc3N2)cn1. The molecule has 1 atom stereocenters. The van der Waals surface area contributed by atoms with E-state index in [1.165, 1.54) is 0 Å². The van der Waals surface area contributed by atoms with Gasteiger partial charge in [-0.3, -0.25) is 9.48 Å². The first kappa shape index (κ1) is 12.7. The van der Waals surface area contributed by atoms with Gasteiger partial charge in [-0.2, -0.15) is 5.10 Å². The largest absolute Gasteiger partial charge is 0.345 e. The van der Waals surface area contributed by atoms with E-state index < -0.39 is 0 Å². The molecule has 1 amide bonds. The second kappa shape index (κ2) is 4.33. The van der Waals surface area contributed by atoms with Crippen molar-refractivity contribution in [2.24, 2.45) is 0 Å². The minimum atomic E-state index is -0.305. The standard InChI is InChI=1S/C14H17N5O/c1-14(2,3)19-8-9(7-16-19)11-17-12-10(13(20)18-11)5-4-6-15-12/h4-8,11H,1-3H3,(H,15,17)(H,18,20). The summed E-state index contributed by atoms with van der Waals surface area (Å²) < 4.78 is 1.88. The second-order valence-corrected chi connectivity index (χ2v) is 5.84. The summed E-state index contributed by atoms with van der Waals surface area (Å²) in [6.07, 6.45) is 5.06.